The second-order valence-corrected chi connectivity index (χ2v) is 7.85. The van der Waals surface area contributed by atoms with Gasteiger partial charge in [-0.2, -0.15) is 0 Å². The molecule has 2 N–H and O–H groups in total. The van der Waals surface area contributed by atoms with Gasteiger partial charge in [0.1, 0.15) is 0 Å². The minimum Gasteiger partial charge on any atom is -0.355 e. The van der Waals surface area contributed by atoms with Crippen LogP contribution in [0.15, 0.2) is 66.7 Å². The highest BCUT2D eigenvalue weighted by Gasteiger charge is 2.11. The average molecular weight is 400 g/mol. The number of fused-ring (bicyclic) bond motifs is 8. The van der Waals surface area contributed by atoms with Crippen LogP contribution in [-0.2, 0) is 0 Å². The van der Waals surface area contributed by atoms with Crippen LogP contribution in [0, 0.1) is 6.92 Å². The number of nitrogens with zero attached hydrogens (tertiary/aromatic N) is 2. The van der Waals surface area contributed by atoms with Crippen LogP contribution in [0.4, 0.5) is 0 Å². The van der Waals surface area contributed by atoms with Crippen molar-refractivity contribution in [3.05, 3.63) is 95.1 Å². The minimum atomic E-state index is 0.904. The van der Waals surface area contributed by atoms with Gasteiger partial charge in [0.2, 0.25) is 0 Å². The molecule has 2 aliphatic heterocycles. The van der Waals surface area contributed by atoms with Crippen molar-refractivity contribution in [3.63, 3.8) is 0 Å². The van der Waals surface area contributed by atoms with Gasteiger partial charge in [-0.15, -0.1) is 0 Å². The van der Waals surface area contributed by atoms with Gasteiger partial charge in [0.05, 0.1) is 22.8 Å². The number of nitrogens with one attached hydrogen (secondary N) is 2. The van der Waals surface area contributed by atoms with E-state index in [0.717, 1.165) is 44.8 Å². The molecule has 0 unspecified atom stereocenters. The lowest BCUT2D eigenvalue weighted by Crippen LogP contribution is -1.79. The third-order valence-corrected chi connectivity index (χ3v) is 5.67. The summed E-state index contributed by atoms with van der Waals surface area (Å²) < 4.78 is 0. The molecule has 0 atom stereocenters. The van der Waals surface area contributed by atoms with Crippen molar-refractivity contribution < 1.29 is 0 Å². The van der Waals surface area contributed by atoms with Crippen LogP contribution in [-0.4, -0.2) is 19.9 Å². The van der Waals surface area contributed by atoms with E-state index in [9.17, 15) is 0 Å². The quantitative estimate of drug-likeness (QED) is 0.325. The number of hydrogen-bond acceptors (Lipinski definition) is 2. The molecule has 0 spiro atoms. The summed E-state index contributed by atoms with van der Waals surface area (Å²) in [6.45, 7) is 2.17. The summed E-state index contributed by atoms with van der Waals surface area (Å²) in [5.41, 5.74) is 11.5. The lowest BCUT2D eigenvalue weighted by molar-refractivity contribution is 1.28. The minimum absolute atomic E-state index is 0.904. The molecule has 0 saturated heterocycles. The first kappa shape index (κ1) is 17.7. The van der Waals surface area contributed by atoms with Crippen molar-refractivity contribution in [1.29, 1.82) is 0 Å². The Balaban J connectivity index is 1.72. The third-order valence-electron chi connectivity index (χ3n) is 5.67. The first-order chi connectivity index (χ1) is 15.2. The molecule has 4 aromatic rings. The van der Waals surface area contributed by atoms with Gasteiger partial charge in [-0.05, 0) is 78.8 Å². The van der Waals surface area contributed by atoms with Gasteiger partial charge in [-0.1, -0.05) is 30.3 Å². The molecule has 0 fully saturated rings. The van der Waals surface area contributed by atoms with E-state index in [1.165, 1.54) is 16.7 Å². The van der Waals surface area contributed by atoms with Crippen molar-refractivity contribution in [1.82, 2.24) is 19.9 Å². The predicted molar refractivity (Wildman–Crippen MR) is 129 cm³/mol. The van der Waals surface area contributed by atoms with E-state index in [4.69, 9.17) is 4.98 Å². The summed E-state index contributed by atoms with van der Waals surface area (Å²) in [6.07, 6.45) is 8.12. The maximum absolute atomic E-state index is 4.79. The van der Waals surface area contributed by atoms with Crippen LogP contribution in [0.5, 0.6) is 0 Å². The van der Waals surface area contributed by atoms with Crippen LogP contribution in [0.2, 0.25) is 0 Å². The Hall–Kier alpha value is -4.18. The second kappa shape index (κ2) is 6.96. The number of hydrogen-bond donors (Lipinski definition) is 2. The summed E-state index contributed by atoms with van der Waals surface area (Å²) in [5, 5.41) is 0. The Morgan fingerprint density at radius 3 is 1.90 bits per heavy atom. The highest BCUT2D eigenvalue weighted by molar-refractivity contribution is 5.91. The van der Waals surface area contributed by atoms with E-state index in [1.807, 2.05) is 36.4 Å². The lowest BCUT2D eigenvalue weighted by atomic mass is 10.0. The third kappa shape index (κ3) is 3.28. The van der Waals surface area contributed by atoms with Gasteiger partial charge >= 0.3 is 0 Å². The predicted octanol–water partition coefficient (Wildman–Crippen LogP) is 6.63. The Morgan fingerprint density at radius 2 is 1.19 bits per heavy atom. The van der Waals surface area contributed by atoms with E-state index in [-0.39, 0.29) is 0 Å². The molecule has 0 radical (unpaired) electrons. The number of aromatic amines is 2. The van der Waals surface area contributed by atoms with Crippen LogP contribution in [0.25, 0.3) is 57.5 Å². The largest absolute Gasteiger partial charge is 0.355 e. The molecular weight excluding hydrogens is 380 g/mol. The van der Waals surface area contributed by atoms with Gasteiger partial charge in [-0.25, -0.2) is 9.97 Å². The molecular formula is C27H20N4. The normalized spacial score (nSPS) is 12.4. The molecule has 0 aliphatic carbocycles. The average Bonchev–Trinajstić information content (AvgIpc) is 3.55. The summed E-state index contributed by atoms with van der Waals surface area (Å²) >= 11 is 0. The number of aryl methyl sites for hydroxylation is 1. The van der Waals surface area contributed by atoms with Crippen LogP contribution >= 0.6 is 0 Å². The standard InChI is InChI=1S/C27H20N4/c1-17-25-15-23-11-9-21(29-23)13-19-7-8-20(28-19)14-22-10-12-24(30-22)16-26(31-25)27(17)18-5-3-2-4-6-18/h2-16,29,31H,1H3. The molecule has 6 rings (SSSR count). The Labute approximate surface area is 179 Å². The molecule has 5 heterocycles. The molecule has 2 aliphatic rings. The van der Waals surface area contributed by atoms with Gasteiger partial charge in [0, 0.05) is 27.6 Å². The Bertz CT molecular complexity index is 1530. The molecule has 31 heavy (non-hydrogen) atoms. The first-order valence-corrected chi connectivity index (χ1v) is 10.3. The van der Waals surface area contributed by atoms with E-state index < -0.39 is 0 Å². The number of benzene rings is 1. The van der Waals surface area contributed by atoms with Gasteiger partial charge in [0.25, 0.3) is 0 Å². The van der Waals surface area contributed by atoms with E-state index >= 15 is 0 Å². The van der Waals surface area contributed by atoms with E-state index in [0.29, 0.717) is 0 Å². The van der Waals surface area contributed by atoms with Crippen molar-refractivity contribution in [2.75, 3.05) is 0 Å². The van der Waals surface area contributed by atoms with Crippen molar-refractivity contribution >= 4 is 46.4 Å². The van der Waals surface area contributed by atoms with Gasteiger partial charge in [-0.3, -0.25) is 0 Å². The highest BCUT2D eigenvalue weighted by Crippen LogP contribution is 2.31. The maximum atomic E-state index is 4.79. The molecule has 4 nitrogen and oxygen atoms in total. The number of H-pyrrole nitrogens is 2. The smallest absolute Gasteiger partial charge is 0.0659 e. The van der Waals surface area contributed by atoms with Gasteiger partial charge in [0.15, 0.2) is 0 Å². The Kier molecular flexibility index (Phi) is 3.96. The van der Waals surface area contributed by atoms with Crippen LogP contribution < -0.4 is 0 Å². The monoisotopic (exact) mass is 400 g/mol. The maximum Gasteiger partial charge on any atom is 0.0659 e. The fourth-order valence-electron chi connectivity index (χ4n) is 4.19. The fourth-order valence-corrected chi connectivity index (χ4v) is 4.19. The zero-order valence-electron chi connectivity index (χ0n) is 17.1. The zero-order chi connectivity index (χ0) is 20.8. The number of rotatable bonds is 1. The van der Waals surface area contributed by atoms with E-state index in [1.54, 1.807) is 0 Å². The number of aromatic nitrogens is 4. The Morgan fingerprint density at radius 1 is 0.581 bits per heavy atom. The first-order valence-electron chi connectivity index (χ1n) is 10.3. The molecule has 3 aromatic heterocycles. The highest BCUT2D eigenvalue weighted by atomic mass is 14.8. The van der Waals surface area contributed by atoms with Crippen molar-refractivity contribution in [2.45, 2.75) is 6.92 Å². The molecule has 1 aromatic carbocycles. The van der Waals surface area contributed by atoms with Crippen LogP contribution in [0.3, 0.4) is 0 Å². The SMILES string of the molecule is Cc1c(-c2ccccc2)c2cc3nc(cc4nc(cc5ccc(cc1[nH]2)[nH]5)C=C4)C=C3. The zero-order valence-corrected chi connectivity index (χ0v) is 17.1. The van der Waals surface area contributed by atoms with Crippen LogP contribution in [0.1, 0.15) is 28.3 Å². The lowest BCUT2D eigenvalue weighted by Gasteiger charge is -2.01. The molecule has 0 amide bonds. The van der Waals surface area contributed by atoms with E-state index in [2.05, 4.69) is 76.5 Å². The second-order valence-electron chi connectivity index (χ2n) is 7.85. The summed E-state index contributed by atoms with van der Waals surface area (Å²) in [5.74, 6) is 0. The molecule has 148 valence electrons. The fraction of sp³-hybridized carbons (Fsp3) is 0.0370. The molecule has 0 saturated carbocycles. The summed E-state index contributed by atoms with van der Waals surface area (Å²) in [4.78, 5) is 16.6. The molecule has 4 heteroatoms. The molecule has 8 bridgehead atoms. The summed E-state index contributed by atoms with van der Waals surface area (Å²) in [7, 11) is 0. The van der Waals surface area contributed by atoms with Crippen molar-refractivity contribution in [3.8, 4) is 11.1 Å². The summed E-state index contributed by atoms with van der Waals surface area (Å²) in [6, 6.07) is 23.0. The van der Waals surface area contributed by atoms with Crippen molar-refractivity contribution in [2.24, 2.45) is 0 Å². The van der Waals surface area contributed by atoms with Gasteiger partial charge < -0.3 is 9.97 Å². The topological polar surface area (TPSA) is 57.4 Å².